The Kier molecular flexibility index (Phi) is 4.79. The molecule has 0 aliphatic carbocycles. The molecule has 94 valence electrons. The molecule has 1 aromatic heterocycles. The van der Waals surface area contributed by atoms with Gasteiger partial charge >= 0.3 is 0 Å². The van der Waals surface area contributed by atoms with E-state index >= 15 is 0 Å². The molecule has 0 aliphatic heterocycles. The zero-order valence-electron chi connectivity index (χ0n) is 9.10. The summed E-state index contributed by atoms with van der Waals surface area (Å²) in [5, 5.41) is 8.09. The van der Waals surface area contributed by atoms with E-state index in [1.165, 1.54) is 24.2 Å². The van der Waals surface area contributed by atoms with Gasteiger partial charge in [0.1, 0.15) is 20.7 Å². The molecule has 3 N–H and O–H groups in total. The molecule has 0 bridgehead atoms. The van der Waals surface area contributed by atoms with E-state index in [4.69, 9.17) is 22.7 Å². The maximum absolute atomic E-state index is 11.0. The molecule has 0 atom stereocenters. The van der Waals surface area contributed by atoms with Gasteiger partial charge in [0.05, 0.1) is 10.8 Å². The van der Waals surface area contributed by atoms with Crippen LogP contribution in [0.4, 0.5) is 0 Å². The van der Waals surface area contributed by atoms with Gasteiger partial charge < -0.3 is 5.73 Å². The first-order chi connectivity index (χ1) is 7.81. The molecular formula is C9H12ClN3O2S2. The largest absolute Gasteiger partial charge is 0.384 e. The minimum Gasteiger partial charge on any atom is -0.384 e. The van der Waals surface area contributed by atoms with E-state index in [1.54, 1.807) is 6.07 Å². The fourth-order valence-electron chi connectivity index (χ4n) is 1.02. The number of rotatable bonds is 5. The fraction of sp³-hybridized carbons (Fsp3) is 0.333. The first kappa shape index (κ1) is 14.3. The van der Waals surface area contributed by atoms with Crippen LogP contribution >= 0.6 is 23.4 Å². The molecule has 0 radical (unpaired) electrons. The van der Waals surface area contributed by atoms with Crippen molar-refractivity contribution in [3.63, 3.8) is 0 Å². The second kappa shape index (κ2) is 5.70. The third kappa shape index (κ3) is 4.53. The highest BCUT2D eigenvalue weighted by Gasteiger charge is 2.11. The van der Waals surface area contributed by atoms with E-state index in [0.717, 1.165) is 0 Å². The van der Waals surface area contributed by atoms with Crippen LogP contribution in [0.1, 0.15) is 5.56 Å². The number of halogens is 1. The number of aromatic nitrogens is 1. The molecule has 0 saturated carbocycles. The maximum atomic E-state index is 11.0. The SMILES string of the molecule is CS(=O)(=O)CCSc1nccc(C(=N)N)c1Cl. The van der Waals surface area contributed by atoms with Crippen LogP contribution in [-0.4, -0.2) is 37.0 Å². The number of amidine groups is 1. The summed E-state index contributed by atoms with van der Waals surface area (Å²) in [6, 6.07) is 1.55. The summed E-state index contributed by atoms with van der Waals surface area (Å²) in [5.74, 6) is 0.287. The Morgan fingerprint density at radius 2 is 2.29 bits per heavy atom. The fourth-order valence-corrected chi connectivity index (χ4v) is 3.51. The van der Waals surface area contributed by atoms with Crippen molar-refractivity contribution in [3.8, 4) is 0 Å². The maximum Gasteiger partial charge on any atom is 0.148 e. The van der Waals surface area contributed by atoms with Crippen molar-refractivity contribution in [3.05, 3.63) is 22.8 Å². The summed E-state index contributed by atoms with van der Waals surface area (Å²) >= 11 is 7.23. The highest BCUT2D eigenvalue weighted by molar-refractivity contribution is 8.00. The number of nitrogens with zero attached hydrogens (tertiary/aromatic N) is 1. The molecule has 0 aromatic carbocycles. The second-order valence-corrected chi connectivity index (χ2v) is 7.09. The predicted octanol–water partition coefficient (Wildman–Crippen LogP) is 1.16. The standard InChI is InChI=1S/C9H12ClN3O2S2/c1-17(14,15)5-4-16-9-7(10)6(8(11)12)2-3-13-9/h2-3H,4-5H2,1H3,(H3,11,12). The van der Waals surface area contributed by atoms with Gasteiger partial charge in [0.15, 0.2) is 0 Å². The molecule has 0 saturated heterocycles. The first-order valence-corrected chi connectivity index (χ1v) is 8.03. The molecule has 0 amide bonds. The van der Waals surface area contributed by atoms with Crippen molar-refractivity contribution in [2.75, 3.05) is 17.8 Å². The molecule has 1 rings (SSSR count). The number of nitrogen functional groups attached to an aromatic ring is 1. The molecule has 0 spiro atoms. The van der Waals surface area contributed by atoms with Crippen LogP contribution in [0.2, 0.25) is 5.02 Å². The smallest absolute Gasteiger partial charge is 0.148 e. The van der Waals surface area contributed by atoms with Gasteiger partial charge in [0.2, 0.25) is 0 Å². The molecule has 17 heavy (non-hydrogen) atoms. The summed E-state index contributed by atoms with van der Waals surface area (Å²) in [6.45, 7) is 0. The highest BCUT2D eigenvalue weighted by atomic mass is 35.5. The molecule has 0 fully saturated rings. The zero-order chi connectivity index (χ0) is 13.1. The molecule has 0 unspecified atom stereocenters. The normalized spacial score (nSPS) is 11.4. The lowest BCUT2D eigenvalue weighted by Crippen LogP contribution is -2.12. The van der Waals surface area contributed by atoms with Crippen LogP contribution in [-0.2, 0) is 9.84 Å². The van der Waals surface area contributed by atoms with Gasteiger partial charge in [-0.05, 0) is 6.07 Å². The second-order valence-electron chi connectivity index (χ2n) is 3.37. The van der Waals surface area contributed by atoms with Crippen molar-refractivity contribution in [2.45, 2.75) is 5.03 Å². The van der Waals surface area contributed by atoms with Crippen molar-refractivity contribution in [1.82, 2.24) is 4.98 Å². The van der Waals surface area contributed by atoms with Crippen LogP contribution in [0.15, 0.2) is 17.3 Å². The molecular weight excluding hydrogens is 282 g/mol. The van der Waals surface area contributed by atoms with E-state index < -0.39 is 9.84 Å². The Hall–Kier alpha value is -0.790. The van der Waals surface area contributed by atoms with Crippen molar-refractivity contribution >= 4 is 39.0 Å². The zero-order valence-corrected chi connectivity index (χ0v) is 11.5. The van der Waals surface area contributed by atoms with E-state index in [0.29, 0.717) is 21.4 Å². The summed E-state index contributed by atoms with van der Waals surface area (Å²) < 4.78 is 21.9. The average molecular weight is 294 g/mol. The van der Waals surface area contributed by atoms with Crippen LogP contribution in [0, 0.1) is 5.41 Å². The van der Waals surface area contributed by atoms with Crippen LogP contribution in [0.25, 0.3) is 0 Å². The van der Waals surface area contributed by atoms with Crippen LogP contribution < -0.4 is 5.73 Å². The Morgan fingerprint density at radius 1 is 1.65 bits per heavy atom. The summed E-state index contributed by atoms with van der Waals surface area (Å²) in [7, 11) is -2.99. The van der Waals surface area contributed by atoms with Crippen molar-refractivity contribution < 1.29 is 8.42 Å². The minimum absolute atomic E-state index is 0.0555. The Bertz CT molecular complexity index is 531. The van der Waals surface area contributed by atoms with Gasteiger partial charge in [-0.1, -0.05) is 11.6 Å². The van der Waals surface area contributed by atoms with Crippen LogP contribution in [0.5, 0.6) is 0 Å². The Balaban J connectivity index is 2.79. The molecule has 1 aromatic rings. The average Bonchev–Trinajstić information content (AvgIpc) is 2.18. The Labute approximate surface area is 109 Å². The van der Waals surface area contributed by atoms with Gasteiger partial charge in [-0.25, -0.2) is 13.4 Å². The van der Waals surface area contributed by atoms with E-state index in [9.17, 15) is 8.42 Å². The van der Waals surface area contributed by atoms with Gasteiger partial charge in [-0.2, -0.15) is 0 Å². The number of nitrogens with one attached hydrogen (secondary N) is 1. The predicted molar refractivity (Wildman–Crippen MR) is 70.7 cm³/mol. The van der Waals surface area contributed by atoms with Gasteiger partial charge in [-0.3, -0.25) is 5.41 Å². The third-order valence-electron chi connectivity index (χ3n) is 1.84. The lowest BCUT2D eigenvalue weighted by atomic mass is 10.2. The molecule has 8 heteroatoms. The van der Waals surface area contributed by atoms with Crippen molar-refractivity contribution in [1.29, 1.82) is 5.41 Å². The van der Waals surface area contributed by atoms with Gasteiger partial charge in [-0.15, -0.1) is 11.8 Å². The monoisotopic (exact) mass is 293 g/mol. The number of hydrogen-bond acceptors (Lipinski definition) is 5. The summed E-state index contributed by atoms with van der Waals surface area (Å²) in [4.78, 5) is 4.02. The van der Waals surface area contributed by atoms with E-state index in [1.807, 2.05) is 0 Å². The lowest BCUT2D eigenvalue weighted by molar-refractivity contribution is 0.603. The number of sulfone groups is 1. The quantitative estimate of drug-likeness (QED) is 0.482. The number of thioether (sulfide) groups is 1. The molecule has 1 heterocycles. The topological polar surface area (TPSA) is 96.9 Å². The highest BCUT2D eigenvalue weighted by Crippen LogP contribution is 2.27. The van der Waals surface area contributed by atoms with Gasteiger partial charge in [0, 0.05) is 23.8 Å². The number of nitrogens with two attached hydrogens (primary N) is 1. The molecule has 5 nitrogen and oxygen atoms in total. The first-order valence-electron chi connectivity index (χ1n) is 4.60. The number of hydrogen-bond donors (Lipinski definition) is 2. The Morgan fingerprint density at radius 3 is 2.82 bits per heavy atom. The summed E-state index contributed by atoms with van der Waals surface area (Å²) in [5.41, 5.74) is 5.75. The minimum atomic E-state index is -2.99. The molecule has 0 aliphatic rings. The van der Waals surface area contributed by atoms with E-state index in [-0.39, 0.29) is 11.6 Å². The van der Waals surface area contributed by atoms with Crippen molar-refractivity contribution in [2.24, 2.45) is 5.73 Å². The van der Waals surface area contributed by atoms with Gasteiger partial charge in [0.25, 0.3) is 0 Å². The summed E-state index contributed by atoms with van der Waals surface area (Å²) in [6.07, 6.45) is 2.67. The number of pyridine rings is 1. The lowest BCUT2D eigenvalue weighted by Gasteiger charge is -2.06. The third-order valence-corrected chi connectivity index (χ3v) is 4.53. The van der Waals surface area contributed by atoms with Crippen LogP contribution in [0.3, 0.4) is 0 Å². The van der Waals surface area contributed by atoms with E-state index in [2.05, 4.69) is 4.98 Å².